The first-order valence-corrected chi connectivity index (χ1v) is 4.05. The van der Waals surface area contributed by atoms with Crippen LogP contribution in [0, 0.1) is 5.82 Å². The van der Waals surface area contributed by atoms with Crippen molar-refractivity contribution in [3.63, 3.8) is 0 Å². The van der Waals surface area contributed by atoms with Crippen molar-refractivity contribution in [1.82, 2.24) is 0 Å². The molecule has 0 unspecified atom stereocenters. The second-order valence-corrected chi connectivity index (χ2v) is 2.77. The SMILES string of the molecule is C=CCOc1cc(F)cc(C(F)(F)F)c1. The molecule has 0 aliphatic carbocycles. The van der Waals surface area contributed by atoms with E-state index >= 15 is 0 Å². The topological polar surface area (TPSA) is 9.23 Å². The molecule has 0 heterocycles. The zero-order chi connectivity index (χ0) is 11.5. The van der Waals surface area contributed by atoms with E-state index in [-0.39, 0.29) is 12.4 Å². The van der Waals surface area contributed by atoms with Gasteiger partial charge in [0, 0.05) is 6.07 Å². The first-order valence-electron chi connectivity index (χ1n) is 4.05. The molecule has 82 valence electrons. The van der Waals surface area contributed by atoms with Gasteiger partial charge in [0.1, 0.15) is 18.2 Å². The predicted molar refractivity (Wildman–Crippen MR) is 47.1 cm³/mol. The molecule has 0 atom stereocenters. The van der Waals surface area contributed by atoms with Crippen LogP contribution in [0.5, 0.6) is 5.75 Å². The summed E-state index contributed by atoms with van der Waals surface area (Å²) in [7, 11) is 0. The summed E-state index contributed by atoms with van der Waals surface area (Å²) in [5.74, 6) is -1.15. The van der Waals surface area contributed by atoms with Crippen LogP contribution in [0.1, 0.15) is 5.56 Å². The monoisotopic (exact) mass is 220 g/mol. The van der Waals surface area contributed by atoms with Gasteiger partial charge in [-0.3, -0.25) is 0 Å². The highest BCUT2D eigenvalue weighted by Gasteiger charge is 2.31. The Balaban J connectivity index is 3.00. The molecule has 0 aliphatic rings. The maximum atomic E-state index is 12.8. The van der Waals surface area contributed by atoms with E-state index in [2.05, 4.69) is 6.58 Å². The van der Waals surface area contributed by atoms with Crippen molar-refractivity contribution in [2.45, 2.75) is 6.18 Å². The van der Waals surface area contributed by atoms with Crippen LogP contribution in [0.2, 0.25) is 0 Å². The molecule has 0 spiro atoms. The number of benzene rings is 1. The molecular formula is C10H8F4O. The summed E-state index contributed by atoms with van der Waals surface area (Å²) < 4.78 is 54.3. The molecule has 5 heteroatoms. The third-order valence-electron chi connectivity index (χ3n) is 1.57. The zero-order valence-electron chi connectivity index (χ0n) is 7.64. The second-order valence-electron chi connectivity index (χ2n) is 2.77. The molecule has 15 heavy (non-hydrogen) atoms. The van der Waals surface area contributed by atoms with Crippen molar-refractivity contribution in [2.24, 2.45) is 0 Å². The van der Waals surface area contributed by atoms with Gasteiger partial charge in [-0.15, -0.1) is 0 Å². The minimum absolute atomic E-state index is 0.0285. The van der Waals surface area contributed by atoms with Gasteiger partial charge in [-0.2, -0.15) is 13.2 Å². The van der Waals surface area contributed by atoms with Crippen LogP contribution in [-0.4, -0.2) is 6.61 Å². The Hall–Kier alpha value is -1.52. The zero-order valence-corrected chi connectivity index (χ0v) is 7.64. The molecule has 0 bridgehead atoms. The lowest BCUT2D eigenvalue weighted by Gasteiger charge is -2.09. The Bertz CT molecular complexity index is 357. The number of alkyl halides is 3. The lowest BCUT2D eigenvalue weighted by Crippen LogP contribution is -2.06. The van der Waals surface area contributed by atoms with Crippen molar-refractivity contribution in [3.05, 3.63) is 42.2 Å². The highest BCUT2D eigenvalue weighted by molar-refractivity contribution is 5.31. The number of hydrogen-bond acceptors (Lipinski definition) is 1. The lowest BCUT2D eigenvalue weighted by atomic mass is 10.2. The van der Waals surface area contributed by atoms with Gasteiger partial charge in [-0.25, -0.2) is 4.39 Å². The Morgan fingerprint density at radius 3 is 2.47 bits per heavy atom. The Morgan fingerprint density at radius 2 is 1.93 bits per heavy atom. The van der Waals surface area contributed by atoms with Gasteiger partial charge in [-0.1, -0.05) is 12.7 Å². The standard InChI is InChI=1S/C10H8F4O/c1-2-3-15-9-5-7(10(12,13)14)4-8(11)6-9/h2,4-6H,1,3H2. The van der Waals surface area contributed by atoms with E-state index in [1.54, 1.807) is 0 Å². The second kappa shape index (κ2) is 4.33. The van der Waals surface area contributed by atoms with E-state index in [4.69, 9.17) is 4.74 Å². The smallest absolute Gasteiger partial charge is 0.416 e. The highest BCUT2D eigenvalue weighted by atomic mass is 19.4. The third-order valence-corrected chi connectivity index (χ3v) is 1.57. The first-order chi connectivity index (χ1) is 6.93. The van der Waals surface area contributed by atoms with Gasteiger partial charge in [0.05, 0.1) is 5.56 Å². The molecule has 0 amide bonds. The van der Waals surface area contributed by atoms with E-state index in [0.29, 0.717) is 6.07 Å². The van der Waals surface area contributed by atoms with Gasteiger partial charge < -0.3 is 4.74 Å². The van der Waals surface area contributed by atoms with Crippen LogP contribution in [0.25, 0.3) is 0 Å². The Labute approximate surface area is 84.0 Å². The van der Waals surface area contributed by atoms with Crippen molar-refractivity contribution in [3.8, 4) is 5.75 Å². The molecule has 1 rings (SSSR count). The van der Waals surface area contributed by atoms with E-state index in [9.17, 15) is 17.6 Å². The number of halogens is 4. The van der Waals surface area contributed by atoms with Gasteiger partial charge in [0.2, 0.25) is 0 Å². The van der Waals surface area contributed by atoms with Gasteiger partial charge in [-0.05, 0) is 12.1 Å². The van der Waals surface area contributed by atoms with E-state index in [1.807, 2.05) is 0 Å². The normalized spacial score (nSPS) is 11.2. The average Bonchev–Trinajstić information content (AvgIpc) is 2.12. The quantitative estimate of drug-likeness (QED) is 0.560. The van der Waals surface area contributed by atoms with Gasteiger partial charge >= 0.3 is 6.18 Å². The summed E-state index contributed by atoms with van der Waals surface area (Å²) >= 11 is 0. The molecule has 0 aliphatic heterocycles. The van der Waals surface area contributed by atoms with Crippen molar-refractivity contribution < 1.29 is 22.3 Å². The van der Waals surface area contributed by atoms with Crippen molar-refractivity contribution in [2.75, 3.05) is 6.61 Å². The number of rotatable bonds is 3. The fraction of sp³-hybridized carbons (Fsp3) is 0.200. The minimum atomic E-state index is -4.58. The van der Waals surface area contributed by atoms with Gasteiger partial charge in [0.15, 0.2) is 0 Å². The molecule has 0 radical (unpaired) electrons. The summed E-state index contributed by atoms with van der Waals surface area (Å²) in [6, 6.07) is 2.05. The van der Waals surface area contributed by atoms with Crippen molar-refractivity contribution in [1.29, 1.82) is 0 Å². The fourth-order valence-electron chi connectivity index (χ4n) is 0.965. The lowest BCUT2D eigenvalue weighted by molar-refractivity contribution is -0.137. The Kier molecular flexibility index (Phi) is 3.34. The molecule has 0 saturated heterocycles. The van der Waals surface area contributed by atoms with Crippen LogP contribution in [0.3, 0.4) is 0 Å². The molecule has 0 N–H and O–H groups in total. The maximum Gasteiger partial charge on any atom is 0.416 e. The minimum Gasteiger partial charge on any atom is -0.489 e. The highest BCUT2D eigenvalue weighted by Crippen LogP contribution is 2.32. The molecular weight excluding hydrogens is 212 g/mol. The molecule has 1 nitrogen and oxygen atoms in total. The molecule has 0 fully saturated rings. The summed E-state index contributed by atoms with van der Waals surface area (Å²) in [5, 5.41) is 0. The van der Waals surface area contributed by atoms with Crippen LogP contribution in [0.4, 0.5) is 17.6 Å². The number of ether oxygens (including phenoxy) is 1. The summed E-state index contributed by atoms with van der Waals surface area (Å²) in [6.07, 6.45) is -3.22. The third kappa shape index (κ3) is 3.27. The van der Waals surface area contributed by atoms with Gasteiger partial charge in [0.25, 0.3) is 0 Å². The Morgan fingerprint density at radius 1 is 1.27 bits per heavy atom. The van der Waals surface area contributed by atoms with Crippen LogP contribution in [-0.2, 0) is 6.18 Å². The summed E-state index contributed by atoms with van der Waals surface area (Å²) in [5.41, 5.74) is -1.07. The molecule has 0 saturated carbocycles. The van der Waals surface area contributed by atoms with Crippen LogP contribution in [0.15, 0.2) is 30.9 Å². The van der Waals surface area contributed by atoms with Crippen LogP contribution < -0.4 is 4.74 Å². The average molecular weight is 220 g/mol. The van der Waals surface area contributed by atoms with Crippen molar-refractivity contribution >= 4 is 0 Å². The molecule has 1 aromatic rings. The summed E-state index contributed by atoms with van der Waals surface area (Å²) in [6.45, 7) is 3.36. The largest absolute Gasteiger partial charge is 0.489 e. The van der Waals surface area contributed by atoms with E-state index in [1.165, 1.54) is 6.08 Å². The first kappa shape index (κ1) is 11.6. The maximum absolute atomic E-state index is 12.8. The molecule has 1 aromatic carbocycles. The van der Waals surface area contributed by atoms with E-state index in [0.717, 1.165) is 12.1 Å². The summed E-state index contributed by atoms with van der Waals surface area (Å²) in [4.78, 5) is 0. The fourth-order valence-corrected chi connectivity index (χ4v) is 0.965. The molecule has 0 aromatic heterocycles. The van der Waals surface area contributed by atoms with E-state index < -0.39 is 17.6 Å². The number of hydrogen-bond donors (Lipinski definition) is 0. The van der Waals surface area contributed by atoms with Crippen LogP contribution >= 0.6 is 0 Å². The predicted octanol–water partition coefficient (Wildman–Crippen LogP) is 3.41.